The van der Waals surface area contributed by atoms with Gasteiger partial charge in [0, 0.05) is 23.0 Å². The van der Waals surface area contributed by atoms with Crippen LogP contribution >= 0.6 is 23.4 Å². The van der Waals surface area contributed by atoms with E-state index in [0.29, 0.717) is 10.7 Å². The van der Waals surface area contributed by atoms with E-state index in [-0.39, 0.29) is 30.2 Å². The second-order valence-corrected chi connectivity index (χ2v) is 10.8. The van der Waals surface area contributed by atoms with Crippen molar-refractivity contribution in [3.8, 4) is 0 Å². The van der Waals surface area contributed by atoms with Gasteiger partial charge in [-0.1, -0.05) is 78.3 Å². The van der Waals surface area contributed by atoms with Crippen molar-refractivity contribution in [2.45, 2.75) is 17.5 Å². The molecule has 2 aliphatic heterocycles. The normalized spacial score (nSPS) is 22.3. The van der Waals surface area contributed by atoms with E-state index in [1.807, 2.05) is 60.7 Å². The zero-order chi connectivity index (χ0) is 26.7. The molecule has 3 aromatic rings. The second kappa shape index (κ2) is 11.1. The van der Waals surface area contributed by atoms with Gasteiger partial charge in [-0.25, -0.2) is 4.79 Å². The monoisotopic (exact) mass is 551 g/mol. The minimum absolute atomic E-state index is 0.0385. The summed E-state index contributed by atoms with van der Waals surface area (Å²) in [4.78, 5) is 40.6. The predicted molar refractivity (Wildman–Crippen MR) is 146 cm³/mol. The Kier molecular flexibility index (Phi) is 7.60. The van der Waals surface area contributed by atoms with E-state index in [9.17, 15) is 14.4 Å². The molecule has 2 saturated heterocycles. The first kappa shape index (κ1) is 26.1. The maximum Gasteiger partial charge on any atom is 0.411 e. The van der Waals surface area contributed by atoms with Gasteiger partial charge in [0.05, 0.1) is 0 Å². The van der Waals surface area contributed by atoms with Gasteiger partial charge < -0.3 is 20.1 Å². The van der Waals surface area contributed by atoms with Crippen LogP contribution in [0.15, 0.2) is 84.9 Å². The summed E-state index contributed by atoms with van der Waals surface area (Å²) < 4.78 is 11.7. The van der Waals surface area contributed by atoms with Crippen molar-refractivity contribution >= 4 is 47.0 Å². The van der Waals surface area contributed by atoms with Crippen molar-refractivity contribution in [1.29, 1.82) is 0 Å². The molecule has 5 rings (SSSR count). The van der Waals surface area contributed by atoms with Gasteiger partial charge in [0.2, 0.25) is 5.91 Å². The highest BCUT2D eigenvalue weighted by Gasteiger charge is 2.57. The molecule has 0 aromatic heterocycles. The molecular weight excluding hydrogens is 526 g/mol. The minimum Gasteiger partial charge on any atom is -0.452 e. The number of anilines is 1. The van der Waals surface area contributed by atoms with E-state index in [2.05, 4.69) is 5.32 Å². The van der Waals surface area contributed by atoms with E-state index in [1.165, 1.54) is 11.8 Å². The largest absolute Gasteiger partial charge is 0.452 e. The summed E-state index contributed by atoms with van der Waals surface area (Å²) in [6, 6.07) is 24.8. The minimum atomic E-state index is -1.29. The van der Waals surface area contributed by atoms with Crippen LogP contribution in [0.2, 0.25) is 5.02 Å². The van der Waals surface area contributed by atoms with E-state index in [1.54, 1.807) is 29.2 Å². The average molecular weight is 552 g/mol. The van der Waals surface area contributed by atoms with Gasteiger partial charge in [0.25, 0.3) is 0 Å². The van der Waals surface area contributed by atoms with Gasteiger partial charge in [-0.15, -0.1) is 11.8 Å². The van der Waals surface area contributed by atoms with Crippen molar-refractivity contribution in [3.05, 3.63) is 101 Å². The van der Waals surface area contributed by atoms with Crippen molar-refractivity contribution in [3.63, 3.8) is 0 Å². The highest BCUT2D eigenvalue weighted by Crippen LogP contribution is 2.43. The fourth-order valence-electron chi connectivity index (χ4n) is 4.54. The Labute approximate surface area is 229 Å². The molecule has 3 aromatic carbocycles. The van der Waals surface area contributed by atoms with Gasteiger partial charge >= 0.3 is 12.1 Å². The number of nitrogens with one attached hydrogen (secondary N) is 1. The fraction of sp³-hybridized carbons (Fsp3) is 0.250. The maximum absolute atomic E-state index is 13.9. The Morgan fingerprint density at radius 2 is 1.71 bits per heavy atom. The Balaban J connectivity index is 1.38. The van der Waals surface area contributed by atoms with Crippen LogP contribution in [0.5, 0.6) is 0 Å². The summed E-state index contributed by atoms with van der Waals surface area (Å²) in [6.07, 6.45) is -1.43. The van der Waals surface area contributed by atoms with Crippen molar-refractivity contribution in [1.82, 2.24) is 4.90 Å². The standard InChI is InChI=1S/C28H26ClN3O5S/c29-20-12-7-13-21(14-20)31-27(35)36-16-28(15-32-24(33)22(30)25(32)38-17-28)26(34)37-23(18-8-3-1-4-9-18)19-10-5-2-6-11-19/h1-14,22-23,25H,15-17,30H2,(H,31,35)/t22?,25-,28?/m1/s1. The number of rotatable bonds is 7. The highest BCUT2D eigenvalue weighted by molar-refractivity contribution is 8.00. The number of nitrogens with zero attached hydrogens (tertiary/aromatic N) is 1. The molecule has 2 unspecified atom stereocenters. The third kappa shape index (κ3) is 5.36. The molecule has 0 saturated carbocycles. The van der Waals surface area contributed by atoms with Crippen LogP contribution in [-0.4, -0.2) is 53.2 Å². The van der Waals surface area contributed by atoms with Crippen LogP contribution in [0.4, 0.5) is 10.5 Å². The number of esters is 1. The number of thioether (sulfide) groups is 1. The molecule has 3 N–H and O–H groups in total. The van der Waals surface area contributed by atoms with E-state index in [4.69, 9.17) is 26.8 Å². The second-order valence-electron chi connectivity index (χ2n) is 9.29. The quantitative estimate of drug-likeness (QED) is 0.329. The molecule has 2 fully saturated rings. The van der Waals surface area contributed by atoms with Crippen LogP contribution in [0.3, 0.4) is 0 Å². The number of ether oxygens (including phenoxy) is 2. The first-order valence-electron chi connectivity index (χ1n) is 12.0. The molecule has 2 amide bonds. The molecule has 0 spiro atoms. The third-order valence-electron chi connectivity index (χ3n) is 6.60. The Bertz CT molecular complexity index is 1290. The van der Waals surface area contributed by atoms with Gasteiger partial charge in [-0.3, -0.25) is 14.9 Å². The number of halogens is 1. The number of carbonyl (C=O) groups is 3. The third-order valence-corrected chi connectivity index (χ3v) is 8.44. The van der Waals surface area contributed by atoms with Gasteiger partial charge in [-0.05, 0) is 29.3 Å². The summed E-state index contributed by atoms with van der Waals surface area (Å²) in [6.45, 7) is -0.246. The summed E-state index contributed by atoms with van der Waals surface area (Å²) in [7, 11) is 0. The number of carbonyl (C=O) groups excluding carboxylic acids is 3. The molecule has 0 aliphatic carbocycles. The predicted octanol–water partition coefficient (Wildman–Crippen LogP) is 4.45. The highest BCUT2D eigenvalue weighted by atomic mass is 35.5. The summed E-state index contributed by atoms with van der Waals surface area (Å²) >= 11 is 7.38. The molecule has 3 atom stereocenters. The Hall–Kier alpha value is -3.53. The van der Waals surface area contributed by atoms with Crippen molar-refractivity contribution < 1.29 is 23.9 Å². The SMILES string of the molecule is NC1C(=O)N2CC(COC(=O)Nc3cccc(Cl)c3)(C(=O)OC(c3ccccc3)c3ccccc3)CS[C@H]12. The summed E-state index contributed by atoms with van der Waals surface area (Å²) in [5.41, 5.74) is 6.72. The van der Waals surface area contributed by atoms with Crippen LogP contribution in [0.1, 0.15) is 17.2 Å². The zero-order valence-electron chi connectivity index (χ0n) is 20.3. The number of benzene rings is 3. The maximum atomic E-state index is 13.9. The van der Waals surface area contributed by atoms with Crippen LogP contribution in [-0.2, 0) is 19.1 Å². The molecule has 0 radical (unpaired) electrons. The topological polar surface area (TPSA) is 111 Å². The lowest BCUT2D eigenvalue weighted by atomic mass is 9.87. The fourth-order valence-corrected chi connectivity index (χ4v) is 6.19. The molecular formula is C28H26ClN3O5S. The lowest BCUT2D eigenvalue weighted by Crippen LogP contribution is -2.72. The summed E-state index contributed by atoms with van der Waals surface area (Å²) in [5, 5.41) is 2.85. The van der Waals surface area contributed by atoms with Crippen LogP contribution < -0.4 is 11.1 Å². The molecule has 196 valence electrons. The smallest absolute Gasteiger partial charge is 0.411 e. The molecule has 2 aliphatic rings. The number of hydrogen-bond acceptors (Lipinski definition) is 7. The zero-order valence-corrected chi connectivity index (χ0v) is 21.9. The first-order chi connectivity index (χ1) is 18.4. The van der Waals surface area contributed by atoms with Gasteiger partial charge in [0.1, 0.15) is 23.4 Å². The van der Waals surface area contributed by atoms with E-state index >= 15 is 0 Å². The summed E-state index contributed by atoms with van der Waals surface area (Å²) in [5.74, 6) is -0.537. The Morgan fingerprint density at radius 3 is 2.34 bits per heavy atom. The van der Waals surface area contributed by atoms with Gasteiger partial charge in [0.15, 0.2) is 6.10 Å². The van der Waals surface area contributed by atoms with Crippen molar-refractivity contribution in [2.24, 2.45) is 11.1 Å². The lowest BCUT2D eigenvalue weighted by Gasteiger charge is -2.52. The van der Waals surface area contributed by atoms with Gasteiger partial charge in [-0.2, -0.15) is 0 Å². The average Bonchev–Trinajstić information content (AvgIpc) is 2.95. The first-order valence-corrected chi connectivity index (χ1v) is 13.5. The molecule has 2 heterocycles. The van der Waals surface area contributed by atoms with Crippen LogP contribution in [0, 0.1) is 5.41 Å². The number of hydrogen-bond donors (Lipinski definition) is 2. The molecule has 10 heteroatoms. The molecule has 0 bridgehead atoms. The van der Waals surface area contributed by atoms with Crippen molar-refractivity contribution in [2.75, 3.05) is 24.2 Å². The molecule has 38 heavy (non-hydrogen) atoms. The Morgan fingerprint density at radius 1 is 1.05 bits per heavy atom. The van der Waals surface area contributed by atoms with E-state index < -0.39 is 29.6 Å². The molecule has 8 nitrogen and oxygen atoms in total. The number of β-lactam (4-membered cyclic amide) rings is 1. The van der Waals surface area contributed by atoms with E-state index in [0.717, 1.165) is 11.1 Å². The number of nitrogens with two attached hydrogens (primary N) is 1. The number of fused-ring (bicyclic) bond motifs is 1. The lowest BCUT2D eigenvalue weighted by molar-refractivity contribution is -0.167. The number of amides is 2. The van der Waals surface area contributed by atoms with Crippen LogP contribution in [0.25, 0.3) is 0 Å².